The Kier molecular flexibility index (Phi) is 4.07. The molecular formula is C17H24N6O2. The lowest BCUT2D eigenvalue weighted by Gasteiger charge is -2.23. The van der Waals surface area contributed by atoms with Crippen molar-refractivity contribution in [2.24, 2.45) is 0 Å². The minimum Gasteiger partial charge on any atom is -0.386 e. The minimum absolute atomic E-state index is 0.0451. The van der Waals surface area contributed by atoms with E-state index in [-0.39, 0.29) is 5.91 Å². The van der Waals surface area contributed by atoms with Gasteiger partial charge in [-0.25, -0.2) is 4.68 Å². The third kappa shape index (κ3) is 3.06. The lowest BCUT2D eigenvalue weighted by molar-refractivity contribution is 0.0266. The van der Waals surface area contributed by atoms with Crippen LogP contribution >= 0.6 is 0 Å². The summed E-state index contributed by atoms with van der Waals surface area (Å²) in [6, 6.07) is 0.421. The summed E-state index contributed by atoms with van der Waals surface area (Å²) in [5.74, 6) is -0.0451. The lowest BCUT2D eigenvalue weighted by Crippen LogP contribution is -2.39. The Morgan fingerprint density at radius 1 is 1.40 bits per heavy atom. The molecular weight excluding hydrogens is 320 g/mol. The largest absolute Gasteiger partial charge is 0.386 e. The molecule has 1 N–H and O–H groups in total. The van der Waals surface area contributed by atoms with Crippen molar-refractivity contribution >= 4 is 5.91 Å². The topological polar surface area (TPSA) is 89.1 Å². The molecule has 2 aromatic rings. The lowest BCUT2D eigenvalue weighted by atomic mass is 10.0. The Morgan fingerprint density at radius 2 is 2.20 bits per heavy atom. The average Bonchev–Trinajstić information content (AvgIpc) is 3.34. The van der Waals surface area contributed by atoms with E-state index in [4.69, 9.17) is 0 Å². The van der Waals surface area contributed by atoms with E-state index in [1.807, 2.05) is 11.6 Å². The molecule has 1 amide bonds. The molecule has 8 nitrogen and oxygen atoms in total. The third-order valence-electron chi connectivity index (χ3n) is 5.49. The minimum atomic E-state index is -0.960. The molecule has 1 atom stereocenters. The van der Waals surface area contributed by atoms with Crippen LogP contribution in [0.25, 0.3) is 0 Å². The number of likely N-dealkylation sites (tertiary alicyclic amines) is 1. The van der Waals surface area contributed by atoms with Crippen molar-refractivity contribution < 1.29 is 9.90 Å². The number of aliphatic hydroxyl groups is 1. The molecule has 0 radical (unpaired) electrons. The molecule has 2 aromatic heterocycles. The molecule has 1 saturated carbocycles. The predicted octanol–water partition coefficient (Wildman–Crippen LogP) is 1.18. The quantitative estimate of drug-likeness (QED) is 0.899. The number of carbonyl (C=O) groups is 1. The molecule has 2 aliphatic rings. The first-order valence-corrected chi connectivity index (χ1v) is 8.96. The number of aromatic nitrogens is 5. The van der Waals surface area contributed by atoms with Gasteiger partial charge in [-0.3, -0.25) is 9.48 Å². The Balaban J connectivity index is 1.47. The summed E-state index contributed by atoms with van der Waals surface area (Å²) in [6.45, 7) is 3.16. The maximum absolute atomic E-state index is 12.9. The van der Waals surface area contributed by atoms with Gasteiger partial charge in [0.25, 0.3) is 5.91 Å². The first-order valence-electron chi connectivity index (χ1n) is 8.96. The standard InChI is InChI=1S/C17H24N6O2/c1-13-15(10-19-23(13)14-4-2-3-5-14)16(24)21-8-6-17(25,11-21)12-22-9-7-18-20-22/h7,9-10,14,25H,2-6,8,11-12H2,1H3. The molecule has 1 unspecified atom stereocenters. The van der Waals surface area contributed by atoms with Gasteiger partial charge in [-0.05, 0) is 26.2 Å². The van der Waals surface area contributed by atoms with Gasteiger partial charge in [0.2, 0.25) is 0 Å². The molecule has 1 aliphatic heterocycles. The summed E-state index contributed by atoms with van der Waals surface area (Å²) in [4.78, 5) is 14.6. The van der Waals surface area contributed by atoms with E-state index < -0.39 is 5.60 Å². The summed E-state index contributed by atoms with van der Waals surface area (Å²) in [6.07, 6.45) is 10.3. The second kappa shape index (κ2) is 6.25. The molecule has 4 rings (SSSR count). The molecule has 0 aromatic carbocycles. The summed E-state index contributed by atoms with van der Waals surface area (Å²) >= 11 is 0. The van der Waals surface area contributed by atoms with Gasteiger partial charge in [-0.1, -0.05) is 18.1 Å². The first-order chi connectivity index (χ1) is 12.1. The summed E-state index contributed by atoms with van der Waals surface area (Å²) in [5, 5.41) is 22.9. The SMILES string of the molecule is Cc1c(C(=O)N2CCC(O)(Cn3ccnn3)C2)cnn1C1CCCC1. The highest BCUT2D eigenvalue weighted by Crippen LogP contribution is 2.31. The second-order valence-electron chi connectivity index (χ2n) is 7.33. The van der Waals surface area contributed by atoms with Crippen molar-refractivity contribution in [1.82, 2.24) is 29.7 Å². The summed E-state index contributed by atoms with van der Waals surface area (Å²) in [5.41, 5.74) is 0.624. The van der Waals surface area contributed by atoms with E-state index in [1.165, 1.54) is 12.8 Å². The fraction of sp³-hybridized carbons (Fsp3) is 0.647. The van der Waals surface area contributed by atoms with E-state index >= 15 is 0 Å². The molecule has 0 bridgehead atoms. The number of rotatable bonds is 4. The zero-order valence-corrected chi connectivity index (χ0v) is 14.5. The summed E-state index contributed by atoms with van der Waals surface area (Å²) in [7, 11) is 0. The molecule has 134 valence electrons. The third-order valence-corrected chi connectivity index (χ3v) is 5.49. The molecule has 25 heavy (non-hydrogen) atoms. The van der Waals surface area contributed by atoms with Crippen molar-refractivity contribution in [3.63, 3.8) is 0 Å². The van der Waals surface area contributed by atoms with Gasteiger partial charge in [0.15, 0.2) is 0 Å². The molecule has 1 saturated heterocycles. The summed E-state index contributed by atoms with van der Waals surface area (Å²) < 4.78 is 3.62. The van der Waals surface area contributed by atoms with Crippen LogP contribution in [0.3, 0.4) is 0 Å². The van der Waals surface area contributed by atoms with Crippen LogP contribution in [0, 0.1) is 6.92 Å². The number of carbonyl (C=O) groups excluding carboxylic acids is 1. The van der Waals surface area contributed by atoms with Crippen LogP contribution in [0.1, 0.15) is 54.2 Å². The van der Waals surface area contributed by atoms with Gasteiger partial charge >= 0.3 is 0 Å². The number of hydrogen-bond acceptors (Lipinski definition) is 5. The van der Waals surface area contributed by atoms with Crippen LogP contribution in [-0.4, -0.2) is 59.4 Å². The van der Waals surface area contributed by atoms with Crippen LogP contribution in [0.4, 0.5) is 0 Å². The van der Waals surface area contributed by atoms with E-state index in [0.29, 0.717) is 37.7 Å². The predicted molar refractivity (Wildman–Crippen MR) is 90.0 cm³/mol. The van der Waals surface area contributed by atoms with Gasteiger partial charge in [-0.2, -0.15) is 5.10 Å². The first kappa shape index (κ1) is 16.3. The highest BCUT2D eigenvalue weighted by molar-refractivity contribution is 5.95. The molecule has 0 spiro atoms. The number of hydrogen-bond donors (Lipinski definition) is 1. The van der Waals surface area contributed by atoms with Gasteiger partial charge in [-0.15, -0.1) is 5.10 Å². The van der Waals surface area contributed by atoms with Crippen molar-refractivity contribution in [2.45, 2.75) is 57.2 Å². The highest BCUT2D eigenvalue weighted by atomic mass is 16.3. The Bertz CT molecular complexity index is 749. The highest BCUT2D eigenvalue weighted by Gasteiger charge is 2.39. The average molecular weight is 344 g/mol. The maximum Gasteiger partial charge on any atom is 0.257 e. The molecule has 8 heteroatoms. The normalized spacial score (nSPS) is 24.3. The van der Waals surface area contributed by atoms with Crippen LogP contribution in [0.2, 0.25) is 0 Å². The zero-order valence-electron chi connectivity index (χ0n) is 14.5. The smallest absolute Gasteiger partial charge is 0.257 e. The monoisotopic (exact) mass is 344 g/mol. The fourth-order valence-electron chi connectivity index (χ4n) is 4.10. The fourth-order valence-corrected chi connectivity index (χ4v) is 4.10. The number of β-amino-alcohol motifs (C(OH)–C–C–N with tert-alkyl or cyclic N) is 1. The Hall–Kier alpha value is -2.22. The van der Waals surface area contributed by atoms with Crippen LogP contribution in [0.15, 0.2) is 18.6 Å². The van der Waals surface area contributed by atoms with Crippen molar-refractivity contribution in [3.05, 3.63) is 29.8 Å². The van der Waals surface area contributed by atoms with Gasteiger partial charge in [0, 0.05) is 18.4 Å². The van der Waals surface area contributed by atoms with Crippen molar-refractivity contribution in [3.8, 4) is 0 Å². The number of amides is 1. The van der Waals surface area contributed by atoms with Crippen LogP contribution < -0.4 is 0 Å². The second-order valence-corrected chi connectivity index (χ2v) is 7.33. The van der Waals surface area contributed by atoms with E-state index in [0.717, 1.165) is 18.5 Å². The van der Waals surface area contributed by atoms with Crippen molar-refractivity contribution in [1.29, 1.82) is 0 Å². The van der Waals surface area contributed by atoms with Gasteiger partial charge in [0.1, 0.15) is 5.60 Å². The maximum atomic E-state index is 12.9. The van der Waals surface area contributed by atoms with Crippen LogP contribution in [-0.2, 0) is 6.54 Å². The van der Waals surface area contributed by atoms with Gasteiger partial charge < -0.3 is 10.0 Å². The molecule has 1 aliphatic carbocycles. The molecule has 3 heterocycles. The molecule has 2 fully saturated rings. The van der Waals surface area contributed by atoms with E-state index in [2.05, 4.69) is 15.4 Å². The van der Waals surface area contributed by atoms with Crippen LogP contribution in [0.5, 0.6) is 0 Å². The van der Waals surface area contributed by atoms with E-state index in [9.17, 15) is 9.90 Å². The number of nitrogens with zero attached hydrogens (tertiary/aromatic N) is 6. The Morgan fingerprint density at radius 3 is 2.92 bits per heavy atom. The zero-order chi connectivity index (χ0) is 17.4. The van der Waals surface area contributed by atoms with Gasteiger partial charge in [0.05, 0.1) is 37.1 Å². The van der Waals surface area contributed by atoms with E-state index in [1.54, 1.807) is 28.2 Å². The van der Waals surface area contributed by atoms with Crippen molar-refractivity contribution in [2.75, 3.05) is 13.1 Å². The Labute approximate surface area is 146 Å².